The Morgan fingerprint density at radius 1 is 1.29 bits per heavy atom. The van der Waals surface area contributed by atoms with Gasteiger partial charge in [-0.3, -0.25) is 0 Å². The zero-order chi connectivity index (χ0) is 15.8. The number of aryl methyl sites for hydroxylation is 1. The van der Waals surface area contributed by atoms with Gasteiger partial charge in [0.15, 0.2) is 0 Å². The lowest BCUT2D eigenvalue weighted by Crippen LogP contribution is -2.59. The van der Waals surface area contributed by atoms with Crippen molar-refractivity contribution in [2.75, 3.05) is 6.54 Å². The minimum absolute atomic E-state index is 0.180. The molecule has 0 saturated carbocycles. The van der Waals surface area contributed by atoms with E-state index in [0.717, 1.165) is 16.9 Å². The molecule has 0 amide bonds. The van der Waals surface area contributed by atoms with Crippen molar-refractivity contribution in [2.24, 2.45) is 0 Å². The van der Waals surface area contributed by atoms with Crippen LogP contribution in [0.25, 0.3) is 0 Å². The molecule has 1 aromatic heterocycles. The predicted octanol–water partition coefficient (Wildman–Crippen LogP) is -0.795. The molecule has 2 heterocycles. The normalized spacial score (nSPS) is 34.0. The van der Waals surface area contributed by atoms with Gasteiger partial charge in [-0.25, -0.2) is 13.1 Å². The maximum atomic E-state index is 12.1. The van der Waals surface area contributed by atoms with Crippen molar-refractivity contribution in [3.8, 4) is 0 Å². The van der Waals surface area contributed by atoms with Crippen LogP contribution in [-0.4, -0.2) is 60.8 Å². The van der Waals surface area contributed by atoms with Crippen molar-refractivity contribution < 1.29 is 28.5 Å². The molecule has 0 spiro atoms. The molecule has 0 radical (unpaired) electrons. The van der Waals surface area contributed by atoms with Gasteiger partial charge < -0.3 is 20.1 Å². The van der Waals surface area contributed by atoms with Crippen LogP contribution in [0.4, 0.5) is 0 Å². The van der Waals surface area contributed by atoms with Gasteiger partial charge in [0, 0.05) is 6.54 Å². The van der Waals surface area contributed by atoms with E-state index in [2.05, 4.69) is 4.72 Å². The molecule has 5 atom stereocenters. The van der Waals surface area contributed by atoms with Crippen molar-refractivity contribution in [1.29, 1.82) is 0 Å². The highest BCUT2D eigenvalue weighted by Crippen LogP contribution is 2.22. The Hall–Kier alpha value is -0.550. The van der Waals surface area contributed by atoms with Crippen LogP contribution in [0.5, 0.6) is 0 Å². The summed E-state index contributed by atoms with van der Waals surface area (Å²) in [5.41, 5.74) is 0.849. The van der Waals surface area contributed by atoms with Crippen LogP contribution in [-0.2, 0) is 14.8 Å². The molecule has 9 heteroatoms. The third-order valence-electron chi connectivity index (χ3n) is 3.40. The van der Waals surface area contributed by atoms with E-state index in [1.54, 1.807) is 25.3 Å². The monoisotopic (exact) mass is 337 g/mol. The molecule has 2 rings (SSSR count). The lowest BCUT2D eigenvalue weighted by molar-refractivity contribution is -0.214. The second-order valence-electron chi connectivity index (χ2n) is 5.15. The molecule has 0 aliphatic carbocycles. The molecular weight excluding hydrogens is 318 g/mol. The summed E-state index contributed by atoms with van der Waals surface area (Å²) in [5, 5.41) is 30.8. The van der Waals surface area contributed by atoms with E-state index in [0.29, 0.717) is 0 Å². The van der Waals surface area contributed by atoms with Gasteiger partial charge in [-0.1, -0.05) is 0 Å². The van der Waals surface area contributed by atoms with E-state index in [4.69, 9.17) is 4.74 Å². The third-order valence-corrected chi connectivity index (χ3v) is 6.38. The summed E-state index contributed by atoms with van der Waals surface area (Å²) in [4.78, 5) is 0. The Morgan fingerprint density at radius 3 is 2.52 bits per heavy atom. The van der Waals surface area contributed by atoms with Crippen LogP contribution in [0.1, 0.15) is 12.5 Å². The second kappa shape index (κ2) is 6.29. The highest BCUT2D eigenvalue weighted by Gasteiger charge is 2.41. The van der Waals surface area contributed by atoms with Crippen LogP contribution in [0.3, 0.4) is 0 Å². The van der Waals surface area contributed by atoms with Crippen LogP contribution < -0.4 is 4.72 Å². The van der Waals surface area contributed by atoms with Gasteiger partial charge in [0.1, 0.15) is 28.6 Å². The van der Waals surface area contributed by atoms with Crippen molar-refractivity contribution in [3.63, 3.8) is 0 Å². The van der Waals surface area contributed by atoms with E-state index >= 15 is 0 Å². The number of aliphatic hydroxyl groups excluding tert-OH is 3. The predicted molar refractivity (Wildman–Crippen MR) is 76.6 cm³/mol. The summed E-state index contributed by atoms with van der Waals surface area (Å²) in [6.07, 6.45) is -5.54. The van der Waals surface area contributed by atoms with E-state index < -0.39 is 40.5 Å². The minimum atomic E-state index is -3.68. The van der Waals surface area contributed by atoms with Crippen molar-refractivity contribution in [3.05, 3.63) is 17.0 Å². The van der Waals surface area contributed by atoms with E-state index in [1.165, 1.54) is 0 Å². The minimum Gasteiger partial charge on any atom is -0.388 e. The zero-order valence-corrected chi connectivity index (χ0v) is 13.3. The molecule has 0 bridgehead atoms. The molecule has 0 unspecified atom stereocenters. The number of rotatable bonds is 4. The largest absolute Gasteiger partial charge is 0.388 e. The number of nitrogens with one attached hydrogen (secondary N) is 1. The highest BCUT2D eigenvalue weighted by molar-refractivity contribution is 7.91. The first-order valence-corrected chi connectivity index (χ1v) is 8.83. The van der Waals surface area contributed by atoms with Crippen LogP contribution in [0, 0.1) is 6.92 Å². The van der Waals surface area contributed by atoms with E-state index in [9.17, 15) is 23.7 Å². The second-order valence-corrected chi connectivity index (χ2v) is 8.05. The summed E-state index contributed by atoms with van der Waals surface area (Å²) < 4.78 is 32.0. The number of hydrogen-bond acceptors (Lipinski definition) is 7. The maximum Gasteiger partial charge on any atom is 0.250 e. The molecule has 1 aliphatic rings. The summed E-state index contributed by atoms with van der Waals surface area (Å²) in [5.74, 6) is 0. The first-order chi connectivity index (χ1) is 9.72. The average molecular weight is 337 g/mol. The summed E-state index contributed by atoms with van der Waals surface area (Å²) >= 11 is 1.10. The molecule has 1 saturated heterocycles. The summed E-state index contributed by atoms with van der Waals surface area (Å²) in [7, 11) is -3.68. The number of hydrogen-bond donors (Lipinski definition) is 4. The molecule has 1 aliphatic heterocycles. The van der Waals surface area contributed by atoms with Crippen molar-refractivity contribution in [1.82, 2.24) is 4.72 Å². The molecule has 0 aromatic carbocycles. The van der Waals surface area contributed by atoms with Crippen LogP contribution >= 0.6 is 11.3 Å². The van der Waals surface area contributed by atoms with Gasteiger partial charge in [-0.05, 0) is 30.9 Å². The lowest BCUT2D eigenvalue weighted by Gasteiger charge is -2.39. The quantitative estimate of drug-likeness (QED) is 0.572. The van der Waals surface area contributed by atoms with E-state index in [1.807, 2.05) is 0 Å². The molecule has 1 aromatic rings. The number of thiophene rings is 1. The van der Waals surface area contributed by atoms with Crippen molar-refractivity contribution in [2.45, 2.75) is 48.6 Å². The topological polar surface area (TPSA) is 116 Å². The number of sulfonamides is 1. The summed E-state index contributed by atoms with van der Waals surface area (Å²) in [6.45, 7) is 3.15. The van der Waals surface area contributed by atoms with Gasteiger partial charge in [0.05, 0.1) is 6.10 Å². The first kappa shape index (κ1) is 16.8. The molecule has 120 valence electrons. The SMILES string of the molecule is Cc1csc(S(=O)(=O)NC[C@H]2O[C@@H](C)[C@@H](O)[C@@H](O)[C@@H]2O)c1. The fourth-order valence-corrected chi connectivity index (χ4v) is 4.43. The highest BCUT2D eigenvalue weighted by atomic mass is 32.2. The third kappa shape index (κ3) is 3.62. The van der Waals surface area contributed by atoms with Gasteiger partial charge in [-0.15, -0.1) is 11.3 Å². The van der Waals surface area contributed by atoms with Gasteiger partial charge >= 0.3 is 0 Å². The number of aliphatic hydroxyl groups is 3. The standard InChI is InChI=1S/C12H19NO6S2/c1-6-3-9(20-5-6)21(17,18)13-4-8-11(15)12(16)10(14)7(2)19-8/h3,5,7-8,10-16H,4H2,1-2H3/t7-,8+,10+,11+,12+/m0/s1. The Labute approximate surface area is 127 Å². The summed E-state index contributed by atoms with van der Waals surface area (Å²) in [6, 6.07) is 1.55. The fraction of sp³-hybridized carbons (Fsp3) is 0.667. The maximum absolute atomic E-state index is 12.1. The Bertz CT molecular complexity index is 586. The molecule has 7 nitrogen and oxygen atoms in total. The Morgan fingerprint density at radius 2 is 1.95 bits per heavy atom. The smallest absolute Gasteiger partial charge is 0.250 e. The molecule has 4 N–H and O–H groups in total. The molecular formula is C12H19NO6S2. The average Bonchev–Trinajstić information content (AvgIpc) is 2.86. The van der Waals surface area contributed by atoms with Gasteiger partial charge in [0.25, 0.3) is 0 Å². The number of ether oxygens (including phenoxy) is 1. The van der Waals surface area contributed by atoms with Crippen molar-refractivity contribution >= 4 is 21.4 Å². The van der Waals surface area contributed by atoms with Crippen LogP contribution in [0.15, 0.2) is 15.7 Å². The first-order valence-electron chi connectivity index (χ1n) is 6.47. The van der Waals surface area contributed by atoms with E-state index in [-0.39, 0.29) is 10.8 Å². The fourth-order valence-electron chi connectivity index (χ4n) is 2.11. The molecule has 1 fully saturated rings. The Balaban J connectivity index is 2.02. The lowest BCUT2D eigenvalue weighted by atomic mass is 9.96. The molecule has 21 heavy (non-hydrogen) atoms. The van der Waals surface area contributed by atoms with Crippen LogP contribution in [0.2, 0.25) is 0 Å². The van der Waals surface area contributed by atoms with Gasteiger partial charge in [-0.2, -0.15) is 0 Å². The zero-order valence-electron chi connectivity index (χ0n) is 11.6. The van der Waals surface area contributed by atoms with Gasteiger partial charge in [0.2, 0.25) is 10.0 Å². The Kier molecular flexibility index (Phi) is 5.03.